The Morgan fingerprint density at radius 2 is 2.06 bits per heavy atom. The second kappa shape index (κ2) is 5.98. The number of aliphatic hydroxyl groups excluding tert-OH is 2. The molecule has 0 bridgehead atoms. The Hall–Kier alpha value is -1.13. The van der Waals surface area contributed by atoms with Crippen LogP contribution in [0.15, 0.2) is 18.3 Å². The minimum Gasteiger partial charge on any atom is -0.486 e. The molecule has 94 valence electrons. The van der Waals surface area contributed by atoms with Crippen LogP contribution < -0.4 is 4.74 Å². The van der Waals surface area contributed by atoms with Crippen LogP contribution in [0, 0.1) is 0 Å². The lowest BCUT2D eigenvalue weighted by Crippen LogP contribution is -2.30. The van der Waals surface area contributed by atoms with E-state index in [1.54, 1.807) is 18.3 Å². The van der Waals surface area contributed by atoms with Crippen molar-refractivity contribution in [3.63, 3.8) is 0 Å². The number of nitrogens with zero attached hydrogens (tertiary/aromatic N) is 1. The molecule has 1 heterocycles. The molecule has 1 aromatic heterocycles. The molecule has 2 unspecified atom stereocenters. The van der Waals surface area contributed by atoms with Crippen molar-refractivity contribution in [3.05, 3.63) is 24.0 Å². The maximum Gasteiger partial charge on any atom is 0.138 e. The predicted octanol–water partition coefficient (Wildman–Crippen LogP) is 1.65. The Balaban J connectivity index is 1.98. The van der Waals surface area contributed by atoms with Gasteiger partial charge in [-0.25, -0.2) is 0 Å². The van der Waals surface area contributed by atoms with Crippen molar-refractivity contribution in [2.75, 3.05) is 0 Å². The highest BCUT2D eigenvalue weighted by atomic mass is 16.5. The van der Waals surface area contributed by atoms with E-state index in [1.165, 1.54) is 6.42 Å². The number of hydrogen-bond acceptors (Lipinski definition) is 4. The fourth-order valence-corrected chi connectivity index (χ4v) is 2.14. The van der Waals surface area contributed by atoms with Gasteiger partial charge in [-0.2, -0.15) is 0 Å². The van der Waals surface area contributed by atoms with Gasteiger partial charge in [0.15, 0.2) is 0 Å². The minimum absolute atomic E-state index is 0.0632. The number of aromatic nitrogens is 1. The third-order valence-electron chi connectivity index (χ3n) is 3.16. The molecule has 0 spiro atoms. The van der Waals surface area contributed by atoms with E-state index in [0.717, 1.165) is 25.7 Å². The standard InChI is InChI=1S/C13H19NO3/c15-9-10-6-7-11(8-14-10)17-13-5-3-1-2-4-12(13)16/h6-8,12-13,15-16H,1-5,9H2. The maximum atomic E-state index is 9.93. The van der Waals surface area contributed by atoms with Crippen molar-refractivity contribution in [3.8, 4) is 5.75 Å². The summed E-state index contributed by atoms with van der Waals surface area (Å²) in [7, 11) is 0. The summed E-state index contributed by atoms with van der Waals surface area (Å²) in [6.07, 6.45) is 6.14. The zero-order chi connectivity index (χ0) is 12.1. The second-order valence-electron chi connectivity index (χ2n) is 4.51. The molecule has 1 aliphatic rings. The van der Waals surface area contributed by atoms with Gasteiger partial charge in [-0.15, -0.1) is 0 Å². The van der Waals surface area contributed by atoms with Crippen molar-refractivity contribution in [1.82, 2.24) is 4.98 Å². The number of pyridine rings is 1. The van der Waals surface area contributed by atoms with Crippen LogP contribution in [0.4, 0.5) is 0 Å². The van der Waals surface area contributed by atoms with E-state index in [2.05, 4.69) is 4.98 Å². The highest BCUT2D eigenvalue weighted by molar-refractivity contribution is 5.20. The molecule has 1 aliphatic carbocycles. The molecule has 1 fully saturated rings. The number of rotatable bonds is 3. The van der Waals surface area contributed by atoms with Gasteiger partial charge in [0.2, 0.25) is 0 Å². The zero-order valence-electron chi connectivity index (χ0n) is 9.88. The molecule has 1 aromatic rings. The van der Waals surface area contributed by atoms with E-state index in [-0.39, 0.29) is 18.8 Å². The highest BCUT2D eigenvalue weighted by Crippen LogP contribution is 2.22. The van der Waals surface area contributed by atoms with Gasteiger partial charge in [0.1, 0.15) is 11.9 Å². The lowest BCUT2D eigenvalue weighted by molar-refractivity contribution is 0.0317. The summed E-state index contributed by atoms with van der Waals surface area (Å²) in [5.74, 6) is 0.660. The topological polar surface area (TPSA) is 62.6 Å². The van der Waals surface area contributed by atoms with Crippen molar-refractivity contribution < 1.29 is 14.9 Å². The summed E-state index contributed by atoms with van der Waals surface area (Å²) < 4.78 is 5.75. The van der Waals surface area contributed by atoms with Crippen LogP contribution in [0.1, 0.15) is 37.8 Å². The quantitative estimate of drug-likeness (QED) is 0.785. The normalized spacial score (nSPS) is 25.3. The number of aliphatic hydroxyl groups is 2. The van der Waals surface area contributed by atoms with Gasteiger partial charge in [-0.05, 0) is 31.4 Å². The molecule has 4 heteroatoms. The van der Waals surface area contributed by atoms with Gasteiger partial charge in [0.25, 0.3) is 0 Å². The van der Waals surface area contributed by atoms with Gasteiger partial charge >= 0.3 is 0 Å². The van der Waals surface area contributed by atoms with E-state index in [1.807, 2.05) is 0 Å². The molecule has 2 atom stereocenters. The second-order valence-corrected chi connectivity index (χ2v) is 4.51. The number of ether oxygens (including phenoxy) is 1. The molecular weight excluding hydrogens is 218 g/mol. The summed E-state index contributed by atoms with van der Waals surface area (Å²) in [4.78, 5) is 4.05. The van der Waals surface area contributed by atoms with Crippen LogP contribution in [-0.2, 0) is 6.61 Å². The molecule has 0 amide bonds. The molecule has 0 aliphatic heterocycles. The summed E-state index contributed by atoms with van der Waals surface area (Å²) in [6.45, 7) is -0.0632. The Morgan fingerprint density at radius 1 is 1.24 bits per heavy atom. The molecule has 2 N–H and O–H groups in total. The van der Waals surface area contributed by atoms with E-state index in [0.29, 0.717) is 11.4 Å². The first-order chi connectivity index (χ1) is 8.29. The summed E-state index contributed by atoms with van der Waals surface area (Å²) in [6, 6.07) is 3.52. The average molecular weight is 237 g/mol. The first-order valence-corrected chi connectivity index (χ1v) is 6.20. The van der Waals surface area contributed by atoms with E-state index in [9.17, 15) is 5.11 Å². The molecule has 17 heavy (non-hydrogen) atoms. The van der Waals surface area contributed by atoms with Gasteiger partial charge < -0.3 is 14.9 Å². The third kappa shape index (κ3) is 3.41. The van der Waals surface area contributed by atoms with Gasteiger partial charge in [-0.1, -0.05) is 12.8 Å². The molecule has 0 saturated heterocycles. The van der Waals surface area contributed by atoms with Gasteiger partial charge in [-0.3, -0.25) is 4.98 Å². The SMILES string of the molecule is OCc1ccc(OC2CCCCCC2O)cn1. The van der Waals surface area contributed by atoms with Crippen LogP contribution in [0.3, 0.4) is 0 Å². The molecular formula is C13H19NO3. The lowest BCUT2D eigenvalue weighted by Gasteiger charge is -2.21. The first-order valence-electron chi connectivity index (χ1n) is 6.20. The maximum absolute atomic E-state index is 9.93. The van der Waals surface area contributed by atoms with Crippen LogP contribution in [-0.4, -0.2) is 27.4 Å². The van der Waals surface area contributed by atoms with Crippen molar-refractivity contribution in [1.29, 1.82) is 0 Å². The first kappa shape index (κ1) is 12.3. The van der Waals surface area contributed by atoms with E-state index < -0.39 is 0 Å². The lowest BCUT2D eigenvalue weighted by atomic mass is 10.1. The van der Waals surface area contributed by atoms with Crippen LogP contribution in [0.25, 0.3) is 0 Å². The molecule has 2 rings (SSSR count). The fraction of sp³-hybridized carbons (Fsp3) is 0.615. The summed E-state index contributed by atoms with van der Waals surface area (Å²) in [5, 5.41) is 18.8. The molecule has 1 saturated carbocycles. The van der Waals surface area contributed by atoms with Crippen LogP contribution in [0.2, 0.25) is 0 Å². The monoisotopic (exact) mass is 237 g/mol. The van der Waals surface area contributed by atoms with Crippen LogP contribution >= 0.6 is 0 Å². The fourth-order valence-electron chi connectivity index (χ4n) is 2.14. The average Bonchev–Trinajstić information content (AvgIpc) is 2.56. The zero-order valence-corrected chi connectivity index (χ0v) is 9.88. The molecule has 4 nitrogen and oxygen atoms in total. The molecule has 0 aromatic carbocycles. The number of hydrogen-bond donors (Lipinski definition) is 2. The summed E-state index contributed by atoms with van der Waals surface area (Å²) >= 11 is 0. The Morgan fingerprint density at radius 3 is 2.76 bits per heavy atom. The van der Waals surface area contributed by atoms with E-state index >= 15 is 0 Å². The predicted molar refractivity (Wildman–Crippen MR) is 63.7 cm³/mol. The van der Waals surface area contributed by atoms with Gasteiger partial charge in [0, 0.05) is 0 Å². The smallest absolute Gasteiger partial charge is 0.138 e. The Kier molecular flexibility index (Phi) is 4.34. The summed E-state index contributed by atoms with van der Waals surface area (Å²) in [5.41, 5.74) is 0.624. The Labute approximate surface area is 101 Å². The van der Waals surface area contributed by atoms with E-state index in [4.69, 9.17) is 9.84 Å². The van der Waals surface area contributed by atoms with Crippen molar-refractivity contribution in [2.45, 2.75) is 50.9 Å². The third-order valence-corrected chi connectivity index (χ3v) is 3.16. The van der Waals surface area contributed by atoms with Crippen LogP contribution in [0.5, 0.6) is 5.75 Å². The Bertz CT molecular complexity index is 339. The largest absolute Gasteiger partial charge is 0.486 e. The van der Waals surface area contributed by atoms with Crippen molar-refractivity contribution in [2.24, 2.45) is 0 Å². The molecule has 0 radical (unpaired) electrons. The van der Waals surface area contributed by atoms with Gasteiger partial charge in [0.05, 0.1) is 24.6 Å². The highest BCUT2D eigenvalue weighted by Gasteiger charge is 2.23. The van der Waals surface area contributed by atoms with Crippen molar-refractivity contribution >= 4 is 0 Å². The minimum atomic E-state index is -0.380.